The number of hydrogen-bond acceptors (Lipinski definition) is 3. The third-order valence-corrected chi connectivity index (χ3v) is 2.09. The lowest BCUT2D eigenvalue weighted by Crippen LogP contribution is -2.00. The number of hydrogen-bond donors (Lipinski definition) is 1. The van der Waals surface area contributed by atoms with Crippen LogP contribution in [-0.2, 0) is 13.6 Å². The zero-order valence-corrected chi connectivity index (χ0v) is 8.31. The molecule has 2 heterocycles. The Morgan fingerprint density at radius 3 is 2.71 bits per heavy atom. The average Bonchev–Trinajstić information content (AvgIpc) is 2.62. The first kappa shape index (κ1) is 8.80. The lowest BCUT2D eigenvalue weighted by molar-refractivity contribution is 0.688. The van der Waals surface area contributed by atoms with Crippen LogP contribution >= 0.6 is 0 Å². The van der Waals surface area contributed by atoms with Gasteiger partial charge >= 0.3 is 0 Å². The lowest BCUT2D eigenvalue weighted by Gasteiger charge is -1.96. The number of rotatable bonds is 2. The molecule has 74 valence electrons. The van der Waals surface area contributed by atoms with Crippen LogP contribution in [-0.4, -0.2) is 19.6 Å². The van der Waals surface area contributed by atoms with Crippen LogP contribution in [0.5, 0.6) is 0 Å². The van der Waals surface area contributed by atoms with Gasteiger partial charge in [-0.05, 0) is 6.92 Å². The molecule has 0 bridgehead atoms. The van der Waals surface area contributed by atoms with Crippen molar-refractivity contribution in [2.45, 2.75) is 13.5 Å². The highest BCUT2D eigenvalue weighted by molar-refractivity contribution is 5.35. The third kappa shape index (κ3) is 1.61. The van der Waals surface area contributed by atoms with E-state index in [0.29, 0.717) is 12.4 Å². The standard InChI is InChI=1S/C9H13N5/c1-7-4-14(12-9(7)10)6-8-3-11-13(2)5-8/h3-5H,6H2,1-2H3,(H2,10,12). The molecule has 0 atom stereocenters. The van der Waals surface area contributed by atoms with E-state index >= 15 is 0 Å². The first-order valence-electron chi connectivity index (χ1n) is 4.42. The Bertz CT molecular complexity index is 420. The van der Waals surface area contributed by atoms with Crippen LogP contribution < -0.4 is 5.73 Å². The monoisotopic (exact) mass is 191 g/mol. The van der Waals surface area contributed by atoms with Gasteiger partial charge in [0, 0.05) is 30.6 Å². The molecule has 2 N–H and O–H groups in total. The summed E-state index contributed by atoms with van der Waals surface area (Å²) in [5.74, 6) is 0.592. The maximum atomic E-state index is 5.65. The van der Waals surface area contributed by atoms with Gasteiger partial charge in [0.15, 0.2) is 0 Å². The van der Waals surface area contributed by atoms with Crippen molar-refractivity contribution in [3.05, 3.63) is 29.7 Å². The fraction of sp³-hybridized carbons (Fsp3) is 0.333. The molecular weight excluding hydrogens is 178 g/mol. The Morgan fingerprint density at radius 2 is 2.21 bits per heavy atom. The molecule has 0 saturated heterocycles. The molecule has 0 aliphatic rings. The van der Waals surface area contributed by atoms with E-state index in [-0.39, 0.29) is 0 Å². The molecule has 0 fully saturated rings. The molecule has 0 aromatic carbocycles. The van der Waals surface area contributed by atoms with Crippen molar-refractivity contribution < 1.29 is 0 Å². The minimum absolute atomic E-state index is 0.592. The first-order chi connectivity index (χ1) is 6.65. The van der Waals surface area contributed by atoms with Crippen molar-refractivity contribution in [1.82, 2.24) is 19.6 Å². The van der Waals surface area contributed by atoms with Crippen LogP contribution in [0.4, 0.5) is 5.82 Å². The highest BCUT2D eigenvalue weighted by atomic mass is 15.3. The highest BCUT2D eigenvalue weighted by Gasteiger charge is 2.02. The minimum Gasteiger partial charge on any atom is -0.382 e. The predicted octanol–water partition coefficient (Wildman–Crippen LogP) is 0.556. The van der Waals surface area contributed by atoms with Crippen LogP contribution in [0.2, 0.25) is 0 Å². The molecule has 5 heteroatoms. The largest absolute Gasteiger partial charge is 0.382 e. The van der Waals surface area contributed by atoms with E-state index in [1.165, 1.54) is 0 Å². The van der Waals surface area contributed by atoms with Gasteiger partial charge in [0.1, 0.15) is 5.82 Å². The normalized spacial score (nSPS) is 10.7. The molecule has 5 nitrogen and oxygen atoms in total. The molecule has 0 spiro atoms. The van der Waals surface area contributed by atoms with E-state index in [4.69, 9.17) is 5.73 Å². The molecule has 0 radical (unpaired) electrons. The molecule has 0 amide bonds. The minimum atomic E-state index is 0.592. The Kier molecular flexibility index (Phi) is 1.99. The van der Waals surface area contributed by atoms with Gasteiger partial charge in [-0.3, -0.25) is 9.36 Å². The summed E-state index contributed by atoms with van der Waals surface area (Å²) in [6.07, 6.45) is 5.72. The second-order valence-corrected chi connectivity index (χ2v) is 3.42. The Labute approximate surface area is 82.1 Å². The number of aromatic nitrogens is 4. The van der Waals surface area contributed by atoms with Gasteiger partial charge in [0.25, 0.3) is 0 Å². The first-order valence-corrected chi connectivity index (χ1v) is 4.42. The molecule has 2 rings (SSSR count). The van der Waals surface area contributed by atoms with Crippen molar-refractivity contribution >= 4 is 5.82 Å². The van der Waals surface area contributed by atoms with Crippen molar-refractivity contribution in [3.8, 4) is 0 Å². The zero-order chi connectivity index (χ0) is 10.1. The molecular formula is C9H13N5. The van der Waals surface area contributed by atoms with Gasteiger partial charge in [0.05, 0.1) is 12.7 Å². The number of nitrogen functional groups attached to an aromatic ring is 1. The van der Waals surface area contributed by atoms with E-state index < -0.39 is 0 Å². The summed E-state index contributed by atoms with van der Waals surface area (Å²) >= 11 is 0. The summed E-state index contributed by atoms with van der Waals surface area (Å²) in [7, 11) is 1.90. The van der Waals surface area contributed by atoms with E-state index in [1.54, 1.807) is 4.68 Å². The maximum absolute atomic E-state index is 5.65. The van der Waals surface area contributed by atoms with Gasteiger partial charge < -0.3 is 5.73 Å². The van der Waals surface area contributed by atoms with Crippen LogP contribution in [0.3, 0.4) is 0 Å². The molecule has 14 heavy (non-hydrogen) atoms. The molecule has 0 aliphatic carbocycles. The van der Waals surface area contributed by atoms with E-state index in [0.717, 1.165) is 11.1 Å². The Hall–Kier alpha value is -1.78. The highest BCUT2D eigenvalue weighted by Crippen LogP contribution is 2.08. The number of nitrogens with zero attached hydrogens (tertiary/aromatic N) is 4. The van der Waals surface area contributed by atoms with Crippen molar-refractivity contribution in [1.29, 1.82) is 0 Å². The van der Waals surface area contributed by atoms with Crippen LogP contribution in [0.15, 0.2) is 18.6 Å². The van der Waals surface area contributed by atoms with Crippen molar-refractivity contribution in [2.24, 2.45) is 7.05 Å². The van der Waals surface area contributed by atoms with Gasteiger partial charge in [0.2, 0.25) is 0 Å². The zero-order valence-electron chi connectivity index (χ0n) is 8.31. The summed E-state index contributed by atoms with van der Waals surface area (Å²) in [5, 5.41) is 8.26. The quantitative estimate of drug-likeness (QED) is 0.754. The second kappa shape index (κ2) is 3.17. The summed E-state index contributed by atoms with van der Waals surface area (Å²) < 4.78 is 3.59. The maximum Gasteiger partial charge on any atom is 0.148 e. The number of aryl methyl sites for hydroxylation is 2. The van der Waals surface area contributed by atoms with Crippen LogP contribution in [0, 0.1) is 6.92 Å². The summed E-state index contributed by atoms with van der Waals surface area (Å²) in [5.41, 5.74) is 7.78. The smallest absolute Gasteiger partial charge is 0.148 e. The SMILES string of the molecule is Cc1cn(Cc2cnn(C)c2)nc1N. The Morgan fingerprint density at radius 1 is 1.43 bits per heavy atom. The summed E-state index contributed by atoms with van der Waals surface area (Å²) in [4.78, 5) is 0. The van der Waals surface area contributed by atoms with Crippen LogP contribution in [0.25, 0.3) is 0 Å². The topological polar surface area (TPSA) is 61.7 Å². The molecule has 2 aromatic heterocycles. The van der Waals surface area contributed by atoms with Crippen molar-refractivity contribution in [2.75, 3.05) is 5.73 Å². The van der Waals surface area contributed by atoms with Crippen LogP contribution in [0.1, 0.15) is 11.1 Å². The second-order valence-electron chi connectivity index (χ2n) is 3.42. The van der Waals surface area contributed by atoms with Gasteiger partial charge in [-0.25, -0.2) is 0 Å². The van der Waals surface area contributed by atoms with Gasteiger partial charge in [-0.15, -0.1) is 0 Å². The van der Waals surface area contributed by atoms with E-state index in [9.17, 15) is 0 Å². The summed E-state index contributed by atoms with van der Waals surface area (Å²) in [6, 6.07) is 0. The van der Waals surface area contributed by atoms with Crippen molar-refractivity contribution in [3.63, 3.8) is 0 Å². The Balaban J connectivity index is 2.18. The van der Waals surface area contributed by atoms with Gasteiger partial charge in [-0.1, -0.05) is 0 Å². The molecule has 0 unspecified atom stereocenters. The third-order valence-electron chi connectivity index (χ3n) is 2.09. The average molecular weight is 191 g/mol. The van der Waals surface area contributed by atoms with E-state index in [2.05, 4.69) is 10.2 Å². The molecule has 0 aliphatic heterocycles. The molecule has 2 aromatic rings. The lowest BCUT2D eigenvalue weighted by atomic mass is 10.3. The predicted molar refractivity (Wildman–Crippen MR) is 53.7 cm³/mol. The number of anilines is 1. The number of nitrogens with two attached hydrogens (primary N) is 1. The fourth-order valence-corrected chi connectivity index (χ4v) is 1.36. The van der Waals surface area contributed by atoms with Gasteiger partial charge in [-0.2, -0.15) is 10.2 Å². The fourth-order valence-electron chi connectivity index (χ4n) is 1.36. The van der Waals surface area contributed by atoms with E-state index in [1.807, 2.05) is 37.2 Å². The summed E-state index contributed by atoms with van der Waals surface area (Å²) in [6.45, 7) is 2.66. The molecule has 0 saturated carbocycles.